The number of carbonyl (C=O) groups excluding carboxylic acids is 1. The molecule has 0 amide bonds. The predicted molar refractivity (Wildman–Crippen MR) is 133 cm³/mol. The van der Waals surface area contributed by atoms with Crippen LogP contribution in [0.15, 0.2) is 18.2 Å². The lowest BCUT2D eigenvalue weighted by Crippen LogP contribution is -2.56. The van der Waals surface area contributed by atoms with Crippen LogP contribution in [0, 0.1) is 46.2 Å². The molecular weight excluding hydrogens is 441 g/mol. The van der Waals surface area contributed by atoms with Crippen molar-refractivity contribution in [2.45, 2.75) is 97.1 Å². The molecule has 35 heavy (non-hydrogen) atoms. The van der Waals surface area contributed by atoms with Gasteiger partial charge in [-0.2, -0.15) is 0 Å². The highest BCUT2D eigenvalue weighted by molar-refractivity contribution is 5.84. The number of nitrogens with zero attached hydrogens (tertiary/aromatic N) is 3. The number of hydrogen-bond donors (Lipinski definition) is 1. The van der Waals surface area contributed by atoms with Crippen LogP contribution < -0.4 is 0 Å². The first-order valence-electron chi connectivity index (χ1n) is 13.9. The summed E-state index contributed by atoms with van der Waals surface area (Å²) >= 11 is 0. The number of aromatic nitrogens is 3. The second-order valence-electron chi connectivity index (χ2n) is 13.0. The van der Waals surface area contributed by atoms with Crippen molar-refractivity contribution < 1.29 is 14.3 Å². The van der Waals surface area contributed by atoms with Crippen LogP contribution in [0.4, 0.5) is 4.39 Å². The number of benzene rings is 1. The highest BCUT2D eigenvalue weighted by Crippen LogP contribution is 2.69. The van der Waals surface area contributed by atoms with Crippen molar-refractivity contribution in [2.24, 2.45) is 40.4 Å². The number of ketones is 1. The molecule has 1 aromatic carbocycles. The molecule has 0 aliphatic heterocycles. The number of halogens is 1. The van der Waals surface area contributed by atoms with Crippen molar-refractivity contribution in [3.8, 4) is 0 Å². The zero-order chi connectivity index (χ0) is 24.6. The number of aliphatic hydroxyl groups is 1. The molecule has 2 aromatic rings. The zero-order valence-corrected chi connectivity index (χ0v) is 21.5. The van der Waals surface area contributed by atoms with E-state index in [1.807, 2.05) is 6.92 Å². The Kier molecular flexibility index (Phi) is 5.45. The second-order valence-corrected chi connectivity index (χ2v) is 13.0. The molecule has 0 unspecified atom stereocenters. The first-order valence-corrected chi connectivity index (χ1v) is 13.9. The Morgan fingerprint density at radius 3 is 2.74 bits per heavy atom. The maximum atomic E-state index is 13.8. The summed E-state index contributed by atoms with van der Waals surface area (Å²) in [4.78, 5) is 13.7. The summed E-state index contributed by atoms with van der Waals surface area (Å²) < 4.78 is 15.4. The SMILES string of the molecule is CC[C@]12CC[C@@](C)(O)C[C@H]1CC[C@H]1[C@@H]3CC[C@H](C(=O)Cn4nnc5ccc(F)cc54)[C@@]3(C)CC[C@@H]12. The Morgan fingerprint density at radius 1 is 1.11 bits per heavy atom. The molecule has 4 fully saturated rings. The first-order chi connectivity index (χ1) is 16.7. The summed E-state index contributed by atoms with van der Waals surface area (Å²) in [5.41, 5.74) is 1.14. The van der Waals surface area contributed by atoms with Crippen LogP contribution in [0.25, 0.3) is 11.0 Å². The van der Waals surface area contributed by atoms with Crippen molar-refractivity contribution >= 4 is 16.8 Å². The zero-order valence-electron chi connectivity index (χ0n) is 21.5. The summed E-state index contributed by atoms with van der Waals surface area (Å²) in [5, 5.41) is 19.1. The topological polar surface area (TPSA) is 68.0 Å². The van der Waals surface area contributed by atoms with Gasteiger partial charge in [-0.05, 0) is 118 Å². The fourth-order valence-corrected chi connectivity index (χ4v) is 9.79. The van der Waals surface area contributed by atoms with E-state index in [0.717, 1.165) is 44.4 Å². The van der Waals surface area contributed by atoms with Gasteiger partial charge in [0, 0.05) is 12.0 Å². The molecule has 0 saturated heterocycles. The summed E-state index contributed by atoms with van der Waals surface area (Å²) in [7, 11) is 0. The molecule has 1 N–H and O–H groups in total. The van der Waals surface area contributed by atoms with E-state index in [1.165, 1.54) is 37.8 Å². The summed E-state index contributed by atoms with van der Waals surface area (Å²) in [6.07, 6.45) is 11.2. The molecule has 0 radical (unpaired) electrons. The van der Waals surface area contributed by atoms with Gasteiger partial charge >= 0.3 is 0 Å². The predicted octanol–water partition coefficient (Wildman–Crippen LogP) is 5.94. The third-order valence-corrected chi connectivity index (χ3v) is 11.5. The van der Waals surface area contributed by atoms with Crippen LogP contribution in [-0.4, -0.2) is 31.5 Å². The molecule has 190 valence electrons. The van der Waals surface area contributed by atoms with Crippen molar-refractivity contribution in [1.82, 2.24) is 15.0 Å². The van der Waals surface area contributed by atoms with Gasteiger partial charge in [0.15, 0.2) is 5.78 Å². The fourth-order valence-electron chi connectivity index (χ4n) is 9.79. The average Bonchev–Trinajstić information content (AvgIpc) is 3.38. The van der Waals surface area contributed by atoms with Crippen LogP contribution in [-0.2, 0) is 11.3 Å². The molecule has 8 atom stereocenters. The van der Waals surface area contributed by atoms with Crippen molar-refractivity contribution in [3.63, 3.8) is 0 Å². The number of carbonyl (C=O) groups is 1. The van der Waals surface area contributed by atoms with Gasteiger partial charge in [0.05, 0.1) is 11.1 Å². The molecule has 0 bridgehead atoms. The standard InChI is InChI=1S/C29H40FN3O2/c1-4-29-14-13-27(2,35)16-18(29)5-7-20-21-8-9-23(28(21,3)12-11-22(20)29)26(34)17-33-25-15-19(30)6-10-24(25)31-32-33/h6,10,15,18,20-23,35H,4-5,7-9,11-14,16-17H2,1-3H3/t18-,20+,21+,22+,23-,27-,28+,29+/m1/s1. The molecule has 4 aliphatic carbocycles. The molecular formula is C29H40FN3O2. The van der Waals surface area contributed by atoms with Gasteiger partial charge < -0.3 is 5.11 Å². The number of rotatable bonds is 4. The van der Waals surface area contributed by atoms with Gasteiger partial charge in [-0.3, -0.25) is 4.79 Å². The van der Waals surface area contributed by atoms with Gasteiger partial charge in [0.1, 0.15) is 17.9 Å². The van der Waals surface area contributed by atoms with Gasteiger partial charge in [-0.15, -0.1) is 5.10 Å². The highest BCUT2D eigenvalue weighted by atomic mass is 19.1. The number of fused-ring (bicyclic) bond motifs is 6. The van der Waals surface area contributed by atoms with Crippen LogP contribution in [0.5, 0.6) is 0 Å². The van der Waals surface area contributed by atoms with Crippen LogP contribution in [0.2, 0.25) is 0 Å². The minimum atomic E-state index is -0.501. The maximum absolute atomic E-state index is 13.8. The third-order valence-electron chi connectivity index (χ3n) is 11.5. The molecule has 6 heteroatoms. The molecule has 6 rings (SSSR count). The van der Waals surface area contributed by atoms with Crippen molar-refractivity contribution in [2.75, 3.05) is 0 Å². The molecule has 1 heterocycles. The van der Waals surface area contributed by atoms with E-state index < -0.39 is 5.60 Å². The fraction of sp³-hybridized carbons (Fsp3) is 0.759. The van der Waals surface area contributed by atoms with E-state index in [-0.39, 0.29) is 29.5 Å². The lowest BCUT2D eigenvalue weighted by Gasteiger charge is -2.63. The quantitative estimate of drug-likeness (QED) is 0.587. The molecule has 5 nitrogen and oxygen atoms in total. The smallest absolute Gasteiger partial charge is 0.157 e. The van der Waals surface area contributed by atoms with E-state index in [0.29, 0.717) is 34.2 Å². The minimum Gasteiger partial charge on any atom is -0.390 e. The van der Waals surface area contributed by atoms with Crippen LogP contribution >= 0.6 is 0 Å². The second kappa shape index (κ2) is 8.09. The third kappa shape index (κ3) is 3.53. The van der Waals surface area contributed by atoms with E-state index in [2.05, 4.69) is 24.2 Å². The van der Waals surface area contributed by atoms with Crippen molar-refractivity contribution in [1.29, 1.82) is 0 Å². The lowest BCUT2D eigenvalue weighted by atomic mass is 9.42. The van der Waals surface area contributed by atoms with Crippen LogP contribution in [0.3, 0.4) is 0 Å². The van der Waals surface area contributed by atoms with E-state index >= 15 is 0 Å². The number of Topliss-reactive ketones (excluding diaryl/α,β-unsaturated/α-hetero) is 1. The Bertz CT molecular complexity index is 1140. The molecule has 1 aromatic heterocycles. The Morgan fingerprint density at radius 2 is 1.94 bits per heavy atom. The molecule has 4 saturated carbocycles. The Labute approximate surface area is 207 Å². The first kappa shape index (κ1) is 23.6. The average molecular weight is 482 g/mol. The normalized spacial score (nSPS) is 42.9. The summed E-state index contributed by atoms with van der Waals surface area (Å²) in [6.45, 7) is 6.99. The Hall–Kier alpha value is -1.82. The van der Waals surface area contributed by atoms with Crippen LogP contribution in [0.1, 0.15) is 85.0 Å². The maximum Gasteiger partial charge on any atom is 0.157 e. The van der Waals surface area contributed by atoms with Gasteiger partial charge in [0.25, 0.3) is 0 Å². The number of hydrogen-bond acceptors (Lipinski definition) is 4. The Balaban J connectivity index is 1.23. The van der Waals surface area contributed by atoms with Gasteiger partial charge in [-0.1, -0.05) is 19.1 Å². The highest BCUT2D eigenvalue weighted by Gasteiger charge is 2.62. The monoisotopic (exact) mass is 481 g/mol. The lowest BCUT2D eigenvalue weighted by molar-refractivity contribution is -0.158. The van der Waals surface area contributed by atoms with Gasteiger partial charge in [0.2, 0.25) is 0 Å². The van der Waals surface area contributed by atoms with E-state index in [9.17, 15) is 14.3 Å². The molecule has 0 spiro atoms. The summed E-state index contributed by atoms with van der Waals surface area (Å²) in [6, 6.07) is 4.43. The molecule has 4 aliphatic rings. The van der Waals surface area contributed by atoms with Crippen molar-refractivity contribution in [3.05, 3.63) is 24.0 Å². The largest absolute Gasteiger partial charge is 0.390 e. The van der Waals surface area contributed by atoms with E-state index in [4.69, 9.17) is 0 Å². The summed E-state index contributed by atoms with van der Waals surface area (Å²) in [5.74, 6) is 2.63. The minimum absolute atomic E-state index is 0.0435. The van der Waals surface area contributed by atoms with Gasteiger partial charge in [-0.25, -0.2) is 9.07 Å². The van der Waals surface area contributed by atoms with E-state index in [1.54, 1.807) is 10.7 Å².